The number of benzene rings is 4. The SMILES string of the molecule is CCCCOc1ccc(NC(=O)C(Sc2ccc(NC(=O)/C(=C/c3cccnc3)NC(=O)c3ccccc3)cc2)c2ccccc2)cc1. The van der Waals surface area contributed by atoms with Crippen molar-refractivity contribution < 1.29 is 19.1 Å². The normalized spacial score (nSPS) is 11.6. The number of hydrogen-bond donors (Lipinski definition) is 3. The highest BCUT2D eigenvalue weighted by Gasteiger charge is 2.23. The molecule has 1 unspecified atom stereocenters. The number of unbranched alkanes of at least 4 members (excludes halogenated alkanes) is 1. The molecule has 5 rings (SSSR count). The summed E-state index contributed by atoms with van der Waals surface area (Å²) in [5.41, 5.74) is 3.21. The molecule has 1 aromatic heterocycles. The van der Waals surface area contributed by atoms with Crippen LogP contribution in [0.4, 0.5) is 11.4 Å². The first-order valence-corrected chi connectivity index (χ1v) is 16.5. The quantitative estimate of drug-likeness (QED) is 0.0633. The van der Waals surface area contributed by atoms with Crippen LogP contribution in [0.5, 0.6) is 5.75 Å². The number of nitrogens with one attached hydrogen (secondary N) is 3. The van der Waals surface area contributed by atoms with E-state index in [1.165, 1.54) is 11.8 Å². The van der Waals surface area contributed by atoms with Crippen molar-refractivity contribution in [2.24, 2.45) is 0 Å². The first-order valence-electron chi connectivity index (χ1n) is 15.6. The molecule has 1 atom stereocenters. The fourth-order valence-electron chi connectivity index (χ4n) is 4.60. The molecule has 0 bridgehead atoms. The lowest BCUT2D eigenvalue weighted by molar-refractivity contribution is -0.116. The molecule has 0 aliphatic carbocycles. The van der Waals surface area contributed by atoms with Gasteiger partial charge in [-0.3, -0.25) is 19.4 Å². The highest BCUT2D eigenvalue weighted by Crippen LogP contribution is 2.37. The summed E-state index contributed by atoms with van der Waals surface area (Å²) in [4.78, 5) is 44.8. The number of aromatic nitrogens is 1. The lowest BCUT2D eigenvalue weighted by atomic mass is 10.1. The minimum absolute atomic E-state index is 0.0664. The van der Waals surface area contributed by atoms with E-state index < -0.39 is 17.1 Å². The molecule has 4 aromatic carbocycles. The number of carbonyl (C=O) groups excluding carboxylic acids is 3. The van der Waals surface area contributed by atoms with Crippen LogP contribution in [-0.4, -0.2) is 29.3 Å². The second-order valence-electron chi connectivity index (χ2n) is 10.8. The molecule has 9 heteroatoms. The molecule has 3 N–H and O–H groups in total. The van der Waals surface area contributed by atoms with Gasteiger partial charge in [0.1, 0.15) is 16.7 Å². The van der Waals surface area contributed by atoms with E-state index in [1.807, 2.05) is 72.8 Å². The Bertz CT molecular complexity index is 1820. The summed E-state index contributed by atoms with van der Waals surface area (Å²) in [6, 6.07) is 36.4. The molecule has 0 aliphatic rings. The van der Waals surface area contributed by atoms with Crippen molar-refractivity contribution in [3.8, 4) is 5.75 Å². The lowest BCUT2D eigenvalue weighted by Gasteiger charge is -2.18. The van der Waals surface area contributed by atoms with E-state index in [2.05, 4.69) is 27.9 Å². The van der Waals surface area contributed by atoms with Crippen molar-refractivity contribution in [3.63, 3.8) is 0 Å². The Morgan fingerprint density at radius 3 is 2.12 bits per heavy atom. The van der Waals surface area contributed by atoms with Crippen LogP contribution in [-0.2, 0) is 9.59 Å². The average molecular weight is 657 g/mol. The van der Waals surface area contributed by atoms with Crippen molar-refractivity contribution in [2.75, 3.05) is 17.2 Å². The maximum atomic E-state index is 13.6. The number of rotatable bonds is 14. The van der Waals surface area contributed by atoms with E-state index in [0.717, 1.165) is 29.1 Å². The van der Waals surface area contributed by atoms with Gasteiger partial charge in [-0.05, 0) is 90.4 Å². The van der Waals surface area contributed by atoms with Crippen LogP contribution >= 0.6 is 11.8 Å². The minimum Gasteiger partial charge on any atom is -0.494 e. The average Bonchev–Trinajstić information content (AvgIpc) is 3.13. The van der Waals surface area contributed by atoms with E-state index >= 15 is 0 Å². The van der Waals surface area contributed by atoms with Gasteiger partial charge in [-0.1, -0.05) is 67.9 Å². The Morgan fingerprint density at radius 1 is 0.792 bits per heavy atom. The Hall–Kier alpha value is -5.67. The number of hydrogen-bond acceptors (Lipinski definition) is 6. The Balaban J connectivity index is 1.27. The van der Waals surface area contributed by atoms with Crippen LogP contribution in [0.1, 0.15) is 46.5 Å². The first kappa shape index (κ1) is 33.7. The molecule has 0 radical (unpaired) electrons. The summed E-state index contributed by atoms with van der Waals surface area (Å²) in [5, 5.41) is 8.10. The minimum atomic E-state index is -0.533. The highest BCUT2D eigenvalue weighted by molar-refractivity contribution is 8.00. The van der Waals surface area contributed by atoms with Gasteiger partial charge in [0.15, 0.2) is 0 Å². The summed E-state index contributed by atoms with van der Waals surface area (Å²) in [6.45, 7) is 2.77. The van der Waals surface area contributed by atoms with Crippen LogP contribution < -0.4 is 20.7 Å². The first-order chi connectivity index (χ1) is 23.5. The summed E-state index contributed by atoms with van der Waals surface area (Å²) >= 11 is 1.40. The van der Waals surface area contributed by atoms with E-state index in [1.54, 1.807) is 67.0 Å². The zero-order valence-electron chi connectivity index (χ0n) is 26.5. The maximum absolute atomic E-state index is 13.6. The molecule has 0 saturated heterocycles. The van der Waals surface area contributed by atoms with Crippen molar-refractivity contribution in [3.05, 3.63) is 156 Å². The summed E-state index contributed by atoms with van der Waals surface area (Å²) in [5.74, 6) is -0.301. The third-order valence-corrected chi connectivity index (χ3v) is 8.39. The molecule has 0 saturated carbocycles. The van der Waals surface area contributed by atoms with Crippen LogP contribution in [0.3, 0.4) is 0 Å². The second-order valence-corrected chi connectivity index (χ2v) is 11.9. The van der Waals surface area contributed by atoms with E-state index in [9.17, 15) is 14.4 Å². The Labute approximate surface area is 284 Å². The lowest BCUT2D eigenvalue weighted by Crippen LogP contribution is -2.30. The monoisotopic (exact) mass is 656 g/mol. The molecule has 3 amide bonds. The standard InChI is InChI=1S/C39H36N4O4S/c1-2-3-25-47-33-20-16-31(17-21-33)42-39(46)36(29-12-6-4-7-13-29)48-34-22-18-32(19-23-34)41-38(45)35(26-28-11-10-24-40-27-28)43-37(44)30-14-8-5-9-15-30/h4-24,26-27,36H,2-3,25H2,1H3,(H,41,45)(H,42,46)(H,43,44)/b35-26-. The fourth-order valence-corrected chi connectivity index (χ4v) is 5.62. The predicted molar refractivity (Wildman–Crippen MR) is 192 cm³/mol. The molecular weight excluding hydrogens is 621 g/mol. The van der Waals surface area contributed by atoms with Gasteiger partial charge in [0.05, 0.1) is 6.61 Å². The van der Waals surface area contributed by atoms with Gasteiger partial charge in [0, 0.05) is 34.2 Å². The fraction of sp³-hybridized carbons (Fsp3) is 0.128. The predicted octanol–water partition coefficient (Wildman–Crippen LogP) is 8.14. The molecule has 5 aromatic rings. The molecule has 0 fully saturated rings. The van der Waals surface area contributed by atoms with Crippen molar-refractivity contribution in [2.45, 2.75) is 29.9 Å². The van der Waals surface area contributed by atoms with Gasteiger partial charge in [-0.2, -0.15) is 0 Å². The van der Waals surface area contributed by atoms with Gasteiger partial charge in [0.25, 0.3) is 11.8 Å². The van der Waals surface area contributed by atoms with Crippen LogP contribution in [0.2, 0.25) is 0 Å². The number of amides is 3. The van der Waals surface area contributed by atoms with Gasteiger partial charge < -0.3 is 20.7 Å². The Kier molecular flexibility index (Phi) is 12.1. The van der Waals surface area contributed by atoms with Crippen LogP contribution in [0.15, 0.2) is 144 Å². The van der Waals surface area contributed by atoms with Gasteiger partial charge >= 0.3 is 0 Å². The molecular formula is C39H36N4O4S. The van der Waals surface area contributed by atoms with Gasteiger partial charge in [-0.15, -0.1) is 11.8 Å². The number of carbonyl (C=O) groups is 3. The van der Waals surface area contributed by atoms with E-state index in [0.29, 0.717) is 29.1 Å². The van der Waals surface area contributed by atoms with Crippen molar-refractivity contribution in [1.29, 1.82) is 0 Å². The summed E-state index contributed by atoms with van der Waals surface area (Å²) < 4.78 is 5.74. The second kappa shape index (κ2) is 17.3. The zero-order chi connectivity index (χ0) is 33.6. The Morgan fingerprint density at radius 2 is 1.46 bits per heavy atom. The number of anilines is 2. The zero-order valence-corrected chi connectivity index (χ0v) is 27.3. The van der Waals surface area contributed by atoms with Gasteiger partial charge in [-0.25, -0.2) is 0 Å². The summed E-state index contributed by atoms with van der Waals surface area (Å²) in [7, 11) is 0. The van der Waals surface area contributed by atoms with Crippen molar-refractivity contribution in [1.82, 2.24) is 10.3 Å². The molecule has 48 heavy (non-hydrogen) atoms. The summed E-state index contributed by atoms with van der Waals surface area (Å²) in [6.07, 6.45) is 6.85. The van der Waals surface area contributed by atoms with Crippen molar-refractivity contribution >= 4 is 46.9 Å². The smallest absolute Gasteiger partial charge is 0.272 e. The number of nitrogens with zero attached hydrogens (tertiary/aromatic N) is 1. The largest absolute Gasteiger partial charge is 0.494 e. The number of pyridine rings is 1. The third-order valence-electron chi connectivity index (χ3n) is 7.12. The molecule has 8 nitrogen and oxygen atoms in total. The van der Waals surface area contributed by atoms with E-state index in [4.69, 9.17) is 4.74 Å². The topological polar surface area (TPSA) is 109 Å². The van der Waals surface area contributed by atoms with Crippen LogP contribution in [0, 0.1) is 0 Å². The molecule has 1 heterocycles. The molecule has 242 valence electrons. The van der Waals surface area contributed by atoms with E-state index in [-0.39, 0.29) is 11.6 Å². The maximum Gasteiger partial charge on any atom is 0.272 e. The molecule has 0 aliphatic heterocycles. The molecule has 0 spiro atoms. The third kappa shape index (κ3) is 9.91. The number of ether oxygens (including phenoxy) is 1. The van der Waals surface area contributed by atoms with Crippen LogP contribution in [0.25, 0.3) is 6.08 Å². The van der Waals surface area contributed by atoms with Gasteiger partial charge in [0.2, 0.25) is 5.91 Å². The highest BCUT2D eigenvalue weighted by atomic mass is 32.2. The number of thioether (sulfide) groups is 1.